The first-order chi connectivity index (χ1) is 11.9. The lowest BCUT2D eigenvalue weighted by Gasteiger charge is -2.36. The second kappa shape index (κ2) is 8.57. The fourth-order valence-electron chi connectivity index (χ4n) is 3.06. The van der Waals surface area contributed by atoms with Gasteiger partial charge in [0.05, 0.1) is 6.54 Å². The van der Waals surface area contributed by atoms with E-state index in [-0.39, 0.29) is 30.8 Å². The number of aldehydes is 1. The lowest BCUT2D eigenvalue weighted by molar-refractivity contribution is -0.108. The van der Waals surface area contributed by atoms with E-state index in [9.17, 15) is 14.4 Å². The molecular formula is C17H24N4O4. The molecule has 0 aromatic carbocycles. The molecule has 0 spiro atoms. The number of anilines is 1. The number of carboxylic acid groups (broad SMARTS) is 1. The number of carbonyl (C=O) groups is 3. The van der Waals surface area contributed by atoms with Gasteiger partial charge >= 0.3 is 6.09 Å². The van der Waals surface area contributed by atoms with Gasteiger partial charge < -0.3 is 20.5 Å². The molecule has 2 rings (SSSR count). The standard InChI is InChI=1S/C17H24N4O4/c1-12(23)14-2-3-16(19-10-14)20-6-4-13(5-7-20)15(18)11-21(8-9-22)17(24)25/h2-3,9-10,13,15H,4-8,11,18H2,1H3,(H,24,25). The van der Waals surface area contributed by atoms with E-state index in [0.717, 1.165) is 36.6 Å². The molecule has 1 amide bonds. The third-order valence-corrected chi connectivity index (χ3v) is 4.62. The number of piperidine rings is 1. The summed E-state index contributed by atoms with van der Waals surface area (Å²) in [5.74, 6) is 1.01. The third-order valence-electron chi connectivity index (χ3n) is 4.62. The van der Waals surface area contributed by atoms with Crippen LogP contribution in [0.4, 0.5) is 10.6 Å². The Morgan fingerprint density at radius 2 is 2.12 bits per heavy atom. The highest BCUT2D eigenvalue weighted by molar-refractivity contribution is 5.93. The minimum Gasteiger partial charge on any atom is -0.465 e. The van der Waals surface area contributed by atoms with Gasteiger partial charge in [-0.25, -0.2) is 9.78 Å². The van der Waals surface area contributed by atoms with Crippen LogP contribution in [-0.4, -0.2) is 65.4 Å². The summed E-state index contributed by atoms with van der Waals surface area (Å²) in [6.07, 6.45) is 2.67. The number of nitrogens with two attached hydrogens (primary N) is 1. The Morgan fingerprint density at radius 3 is 2.60 bits per heavy atom. The molecule has 8 nitrogen and oxygen atoms in total. The van der Waals surface area contributed by atoms with E-state index in [1.54, 1.807) is 12.3 Å². The predicted octanol–water partition coefficient (Wildman–Crippen LogP) is 1.01. The molecule has 0 saturated carbocycles. The topological polar surface area (TPSA) is 117 Å². The Balaban J connectivity index is 1.88. The Kier molecular flexibility index (Phi) is 6.46. The molecule has 1 unspecified atom stereocenters. The van der Waals surface area contributed by atoms with Crippen LogP contribution in [-0.2, 0) is 4.79 Å². The predicted molar refractivity (Wildman–Crippen MR) is 92.8 cm³/mol. The van der Waals surface area contributed by atoms with Gasteiger partial charge in [-0.3, -0.25) is 9.69 Å². The monoisotopic (exact) mass is 348 g/mol. The number of hydrogen-bond acceptors (Lipinski definition) is 6. The highest BCUT2D eigenvalue weighted by Crippen LogP contribution is 2.24. The van der Waals surface area contributed by atoms with Gasteiger partial charge in [0.2, 0.25) is 0 Å². The summed E-state index contributed by atoms with van der Waals surface area (Å²) in [6.45, 7) is 3.05. The SMILES string of the molecule is CC(=O)c1ccc(N2CCC(C(N)CN(CC=O)C(=O)O)CC2)nc1. The first kappa shape index (κ1) is 18.9. The molecule has 1 aromatic heterocycles. The highest BCUT2D eigenvalue weighted by atomic mass is 16.4. The zero-order valence-corrected chi connectivity index (χ0v) is 14.3. The number of carbonyl (C=O) groups excluding carboxylic acids is 2. The molecule has 0 radical (unpaired) electrons. The summed E-state index contributed by atoms with van der Waals surface area (Å²) >= 11 is 0. The van der Waals surface area contributed by atoms with Gasteiger partial charge in [-0.1, -0.05) is 0 Å². The Hall–Kier alpha value is -2.48. The van der Waals surface area contributed by atoms with Crippen LogP contribution in [0.1, 0.15) is 30.1 Å². The number of hydrogen-bond donors (Lipinski definition) is 2. The van der Waals surface area contributed by atoms with Gasteiger partial charge in [0.1, 0.15) is 12.1 Å². The maximum absolute atomic E-state index is 11.3. The van der Waals surface area contributed by atoms with Crippen LogP contribution in [0.2, 0.25) is 0 Å². The van der Waals surface area contributed by atoms with E-state index in [2.05, 4.69) is 9.88 Å². The molecule has 1 aromatic rings. The molecule has 0 aliphatic carbocycles. The van der Waals surface area contributed by atoms with Gasteiger partial charge in [-0.2, -0.15) is 0 Å². The molecule has 136 valence electrons. The number of pyridine rings is 1. The van der Waals surface area contributed by atoms with Crippen LogP contribution in [0, 0.1) is 5.92 Å². The Labute approximate surface area is 146 Å². The van der Waals surface area contributed by atoms with Crippen molar-refractivity contribution in [2.24, 2.45) is 11.7 Å². The molecule has 1 saturated heterocycles. The fourth-order valence-corrected chi connectivity index (χ4v) is 3.06. The van der Waals surface area contributed by atoms with Crippen LogP contribution < -0.4 is 10.6 Å². The van der Waals surface area contributed by atoms with Crippen LogP contribution in [0.15, 0.2) is 18.3 Å². The molecule has 3 N–H and O–H groups in total. The van der Waals surface area contributed by atoms with Crippen molar-refractivity contribution in [3.05, 3.63) is 23.9 Å². The zero-order chi connectivity index (χ0) is 18.4. The van der Waals surface area contributed by atoms with Gasteiger partial charge in [-0.15, -0.1) is 0 Å². The number of rotatable bonds is 7. The molecule has 8 heteroatoms. The van der Waals surface area contributed by atoms with Crippen LogP contribution >= 0.6 is 0 Å². The zero-order valence-electron chi connectivity index (χ0n) is 14.3. The molecule has 1 aliphatic rings. The highest BCUT2D eigenvalue weighted by Gasteiger charge is 2.27. The Bertz CT molecular complexity index is 612. The molecule has 25 heavy (non-hydrogen) atoms. The van der Waals surface area contributed by atoms with Crippen LogP contribution in [0.3, 0.4) is 0 Å². The molecule has 0 bridgehead atoms. The average Bonchev–Trinajstić information content (AvgIpc) is 2.61. The van der Waals surface area contributed by atoms with Crippen molar-refractivity contribution in [3.8, 4) is 0 Å². The fraction of sp³-hybridized carbons (Fsp3) is 0.529. The van der Waals surface area contributed by atoms with Crippen molar-refractivity contribution in [1.29, 1.82) is 0 Å². The summed E-state index contributed by atoms with van der Waals surface area (Å²) < 4.78 is 0. The first-order valence-electron chi connectivity index (χ1n) is 8.31. The van der Waals surface area contributed by atoms with Crippen molar-refractivity contribution in [1.82, 2.24) is 9.88 Å². The summed E-state index contributed by atoms with van der Waals surface area (Å²) in [6, 6.07) is 3.31. The summed E-state index contributed by atoms with van der Waals surface area (Å²) in [5, 5.41) is 9.07. The second-order valence-electron chi connectivity index (χ2n) is 6.30. The smallest absolute Gasteiger partial charge is 0.407 e. The summed E-state index contributed by atoms with van der Waals surface area (Å²) in [4.78, 5) is 40.5. The van der Waals surface area contributed by atoms with Crippen molar-refractivity contribution in [2.45, 2.75) is 25.8 Å². The van der Waals surface area contributed by atoms with Gasteiger partial charge in [0.25, 0.3) is 0 Å². The van der Waals surface area contributed by atoms with E-state index < -0.39 is 6.09 Å². The minimum absolute atomic E-state index is 0.0120. The number of aromatic nitrogens is 1. The van der Waals surface area contributed by atoms with Gasteiger partial charge in [-0.05, 0) is 37.8 Å². The minimum atomic E-state index is -1.13. The normalized spacial score (nSPS) is 16.3. The van der Waals surface area contributed by atoms with Gasteiger partial charge in [0, 0.05) is 37.4 Å². The summed E-state index contributed by atoms with van der Waals surface area (Å²) in [7, 11) is 0. The molecule has 1 atom stereocenters. The number of nitrogens with zero attached hydrogens (tertiary/aromatic N) is 3. The van der Waals surface area contributed by atoms with E-state index in [1.807, 2.05) is 6.07 Å². The van der Waals surface area contributed by atoms with E-state index in [0.29, 0.717) is 11.8 Å². The average molecular weight is 348 g/mol. The van der Waals surface area contributed by atoms with Crippen LogP contribution in [0.25, 0.3) is 0 Å². The maximum atomic E-state index is 11.3. The lowest BCUT2D eigenvalue weighted by Crippen LogP contribution is -2.48. The van der Waals surface area contributed by atoms with E-state index in [1.165, 1.54) is 6.92 Å². The van der Waals surface area contributed by atoms with Crippen molar-refractivity contribution >= 4 is 24.0 Å². The number of Topliss-reactive ketones (excluding diaryl/α,β-unsaturated/α-hetero) is 1. The number of amides is 1. The van der Waals surface area contributed by atoms with Crippen molar-refractivity contribution < 1.29 is 19.5 Å². The van der Waals surface area contributed by atoms with E-state index >= 15 is 0 Å². The summed E-state index contributed by atoms with van der Waals surface area (Å²) in [5.41, 5.74) is 6.75. The van der Waals surface area contributed by atoms with Crippen molar-refractivity contribution in [2.75, 3.05) is 31.1 Å². The molecule has 1 aliphatic heterocycles. The van der Waals surface area contributed by atoms with Crippen molar-refractivity contribution in [3.63, 3.8) is 0 Å². The largest absolute Gasteiger partial charge is 0.465 e. The first-order valence-corrected chi connectivity index (χ1v) is 8.31. The maximum Gasteiger partial charge on any atom is 0.407 e. The van der Waals surface area contributed by atoms with E-state index in [4.69, 9.17) is 10.8 Å². The van der Waals surface area contributed by atoms with Crippen LogP contribution in [0.5, 0.6) is 0 Å². The molecule has 1 fully saturated rings. The van der Waals surface area contributed by atoms with Gasteiger partial charge in [0.15, 0.2) is 5.78 Å². The molecule has 2 heterocycles. The number of ketones is 1. The quantitative estimate of drug-likeness (QED) is 0.558. The third kappa shape index (κ3) is 4.99. The molecular weight excluding hydrogens is 324 g/mol. The Morgan fingerprint density at radius 1 is 1.44 bits per heavy atom. The lowest BCUT2D eigenvalue weighted by atomic mass is 9.89. The second-order valence-corrected chi connectivity index (χ2v) is 6.30.